The quantitative estimate of drug-likeness (QED) is 0.271. The molecule has 9 nitrogen and oxygen atoms in total. The third-order valence-electron chi connectivity index (χ3n) is 9.59. The van der Waals surface area contributed by atoms with Crippen LogP contribution in [0.3, 0.4) is 0 Å². The maximum atomic E-state index is 13.5. The molecule has 3 fully saturated rings. The van der Waals surface area contributed by atoms with E-state index in [1.807, 2.05) is 0 Å². The first kappa shape index (κ1) is 27.8. The molecule has 0 radical (unpaired) electrons. The summed E-state index contributed by atoms with van der Waals surface area (Å²) in [6.07, 6.45) is 5.73. The highest BCUT2D eigenvalue weighted by atomic mass is 16.5. The van der Waals surface area contributed by atoms with Gasteiger partial charge in [0.1, 0.15) is 23.9 Å². The van der Waals surface area contributed by atoms with Gasteiger partial charge in [-0.1, -0.05) is 44.2 Å². The molecule has 3 aliphatic rings. The molecule has 2 saturated carbocycles. The SMILES string of the molecule is C=CCC(NC(=O)C(Cc1ccc(O)cc1)N=O)C(=O)N1CCCC1C(=O)OC1CC2CCC1(C)C2(C)C. The number of fused-ring (bicyclic) bond motifs is 2. The number of nitroso groups, excluding NO2 is 1. The molecule has 1 aromatic carbocycles. The predicted molar refractivity (Wildman–Crippen MR) is 142 cm³/mol. The smallest absolute Gasteiger partial charge is 0.329 e. The molecule has 1 saturated heterocycles. The number of nitrogens with zero attached hydrogens (tertiary/aromatic N) is 2. The van der Waals surface area contributed by atoms with E-state index in [0.29, 0.717) is 30.9 Å². The van der Waals surface area contributed by atoms with Crippen LogP contribution < -0.4 is 5.32 Å². The highest BCUT2D eigenvalue weighted by molar-refractivity contribution is 5.92. The Morgan fingerprint density at radius 3 is 2.53 bits per heavy atom. The minimum Gasteiger partial charge on any atom is -0.508 e. The van der Waals surface area contributed by atoms with Gasteiger partial charge in [-0.3, -0.25) is 9.59 Å². The summed E-state index contributed by atoms with van der Waals surface area (Å²) in [6.45, 7) is 10.8. The van der Waals surface area contributed by atoms with E-state index in [2.05, 4.69) is 37.8 Å². The Labute approximate surface area is 224 Å². The molecule has 1 heterocycles. The number of carbonyl (C=O) groups is 3. The average molecular weight is 526 g/mol. The van der Waals surface area contributed by atoms with Gasteiger partial charge in [0.2, 0.25) is 11.8 Å². The van der Waals surface area contributed by atoms with E-state index < -0.39 is 29.9 Å². The zero-order chi connectivity index (χ0) is 27.7. The number of phenolic OH excluding ortho intramolecular Hbond substituents is 1. The van der Waals surface area contributed by atoms with Crippen LogP contribution in [0.5, 0.6) is 5.75 Å². The van der Waals surface area contributed by atoms with E-state index in [9.17, 15) is 24.4 Å². The fourth-order valence-electron chi connectivity index (χ4n) is 6.69. The van der Waals surface area contributed by atoms with Gasteiger partial charge in [-0.25, -0.2) is 4.79 Å². The maximum Gasteiger partial charge on any atom is 0.329 e. The topological polar surface area (TPSA) is 125 Å². The number of phenols is 1. The lowest BCUT2D eigenvalue weighted by molar-refractivity contribution is -0.165. The van der Waals surface area contributed by atoms with Gasteiger partial charge in [-0.05, 0) is 67.6 Å². The van der Waals surface area contributed by atoms with E-state index in [1.165, 1.54) is 23.1 Å². The van der Waals surface area contributed by atoms with Crippen LogP contribution in [0.15, 0.2) is 42.1 Å². The second-order valence-corrected chi connectivity index (χ2v) is 11.8. The van der Waals surface area contributed by atoms with Crippen LogP contribution in [0.1, 0.15) is 64.9 Å². The van der Waals surface area contributed by atoms with Gasteiger partial charge < -0.3 is 20.1 Å². The van der Waals surface area contributed by atoms with Crippen molar-refractivity contribution in [2.24, 2.45) is 21.9 Å². The second kappa shape index (κ2) is 10.9. The second-order valence-electron chi connectivity index (χ2n) is 11.8. The van der Waals surface area contributed by atoms with Crippen molar-refractivity contribution in [2.45, 2.75) is 89.9 Å². The van der Waals surface area contributed by atoms with Gasteiger partial charge in [0.15, 0.2) is 6.04 Å². The van der Waals surface area contributed by atoms with Crippen LogP contribution in [-0.2, 0) is 25.5 Å². The van der Waals surface area contributed by atoms with Crippen molar-refractivity contribution in [2.75, 3.05) is 6.54 Å². The van der Waals surface area contributed by atoms with Crippen molar-refractivity contribution in [3.8, 4) is 5.75 Å². The van der Waals surface area contributed by atoms with E-state index in [-0.39, 0.29) is 41.5 Å². The van der Waals surface area contributed by atoms with Crippen LogP contribution in [0.2, 0.25) is 0 Å². The summed E-state index contributed by atoms with van der Waals surface area (Å²) < 4.78 is 6.08. The fourth-order valence-corrected chi connectivity index (χ4v) is 6.69. The van der Waals surface area contributed by atoms with Gasteiger partial charge in [0.05, 0.1) is 0 Å². The minimum atomic E-state index is -1.25. The van der Waals surface area contributed by atoms with Crippen molar-refractivity contribution < 1.29 is 24.2 Å². The van der Waals surface area contributed by atoms with Gasteiger partial charge in [-0.15, -0.1) is 11.5 Å². The predicted octanol–water partition coefficient (Wildman–Crippen LogP) is 3.88. The highest BCUT2D eigenvalue weighted by Crippen LogP contribution is 2.66. The maximum absolute atomic E-state index is 13.5. The average Bonchev–Trinajstić information content (AvgIpc) is 3.51. The van der Waals surface area contributed by atoms with Crippen molar-refractivity contribution in [1.29, 1.82) is 0 Å². The Hall–Kier alpha value is -3.23. The van der Waals surface area contributed by atoms with Gasteiger partial charge in [-0.2, -0.15) is 0 Å². The molecule has 1 aliphatic heterocycles. The molecule has 2 aliphatic carbocycles. The molecular formula is C29H39N3O6. The lowest BCUT2D eigenvalue weighted by Crippen LogP contribution is -2.54. The third-order valence-corrected chi connectivity index (χ3v) is 9.59. The van der Waals surface area contributed by atoms with Gasteiger partial charge in [0, 0.05) is 18.4 Å². The summed E-state index contributed by atoms with van der Waals surface area (Å²) in [5, 5.41) is 15.1. The van der Waals surface area contributed by atoms with E-state index in [4.69, 9.17) is 4.74 Å². The summed E-state index contributed by atoms with van der Waals surface area (Å²) >= 11 is 0. The number of esters is 1. The molecule has 2 N–H and O–H groups in total. The summed E-state index contributed by atoms with van der Waals surface area (Å²) in [7, 11) is 0. The Balaban J connectivity index is 1.41. The van der Waals surface area contributed by atoms with Crippen LogP contribution in [0, 0.1) is 21.7 Å². The molecule has 0 spiro atoms. The minimum absolute atomic E-state index is 0.0285. The number of likely N-dealkylation sites (tertiary alicyclic amines) is 1. The number of ether oxygens (including phenoxy) is 1. The third kappa shape index (κ3) is 5.07. The first-order chi connectivity index (χ1) is 18.0. The van der Waals surface area contributed by atoms with E-state index >= 15 is 0 Å². The number of nitrogens with one attached hydrogen (secondary N) is 1. The number of amides is 2. The zero-order valence-corrected chi connectivity index (χ0v) is 22.5. The molecule has 206 valence electrons. The van der Waals surface area contributed by atoms with Crippen LogP contribution >= 0.6 is 0 Å². The van der Waals surface area contributed by atoms with Gasteiger partial charge >= 0.3 is 5.97 Å². The Bertz CT molecular complexity index is 1090. The van der Waals surface area contributed by atoms with Crippen molar-refractivity contribution in [1.82, 2.24) is 10.2 Å². The number of rotatable bonds is 10. The molecule has 6 unspecified atom stereocenters. The van der Waals surface area contributed by atoms with Crippen LogP contribution in [0.25, 0.3) is 0 Å². The first-order valence-corrected chi connectivity index (χ1v) is 13.5. The molecule has 4 rings (SSSR count). The largest absolute Gasteiger partial charge is 0.508 e. The number of hydrogen-bond acceptors (Lipinski definition) is 7. The van der Waals surface area contributed by atoms with Crippen molar-refractivity contribution >= 4 is 17.8 Å². The van der Waals surface area contributed by atoms with E-state index in [1.54, 1.807) is 12.1 Å². The Morgan fingerprint density at radius 2 is 1.95 bits per heavy atom. The molecular weight excluding hydrogens is 486 g/mol. The molecule has 6 atom stereocenters. The number of aromatic hydroxyl groups is 1. The molecule has 2 bridgehead atoms. The van der Waals surface area contributed by atoms with Crippen molar-refractivity contribution in [3.05, 3.63) is 47.4 Å². The lowest BCUT2D eigenvalue weighted by atomic mass is 9.70. The highest BCUT2D eigenvalue weighted by Gasteiger charge is 2.63. The van der Waals surface area contributed by atoms with Crippen molar-refractivity contribution in [3.63, 3.8) is 0 Å². The molecule has 38 heavy (non-hydrogen) atoms. The van der Waals surface area contributed by atoms with Crippen LogP contribution in [-0.4, -0.2) is 58.6 Å². The lowest BCUT2D eigenvalue weighted by Gasteiger charge is -2.39. The normalized spacial score (nSPS) is 28.9. The summed E-state index contributed by atoms with van der Waals surface area (Å²) in [5.74, 6) is -0.855. The molecule has 9 heteroatoms. The zero-order valence-electron chi connectivity index (χ0n) is 22.5. The molecule has 2 amide bonds. The Morgan fingerprint density at radius 1 is 1.24 bits per heavy atom. The summed E-state index contributed by atoms with van der Waals surface area (Å²) in [6, 6.07) is 3.20. The number of benzene rings is 1. The van der Waals surface area contributed by atoms with Gasteiger partial charge in [0.25, 0.3) is 0 Å². The van der Waals surface area contributed by atoms with E-state index in [0.717, 1.165) is 19.3 Å². The molecule has 0 aromatic heterocycles. The molecule has 1 aromatic rings. The number of hydrogen-bond donors (Lipinski definition) is 2. The summed E-state index contributed by atoms with van der Waals surface area (Å²) in [5.41, 5.74) is 0.675. The first-order valence-electron chi connectivity index (χ1n) is 13.5. The summed E-state index contributed by atoms with van der Waals surface area (Å²) in [4.78, 5) is 52.8. The van der Waals surface area contributed by atoms with Crippen LogP contribution in [0.4, 0.5) is 0 Å². The Kier molecular flexibility index (Phi) is 7.95. The fraction of sp³-hybridized carbons (Fsp3) is 0.621. The standard InChI is InChI=1S/C29H39N3O6/c1-5-7-21(30-25(34)22(31-37)16-18-9-11-20(33)12-10-18)26(35)32-15-6-8-23(32)27(36)38-24-17-19-13-14-29(24,4)28(19,2)3/h5,9-12,19,21-24,33H,1,6-8,13-17H2,2-4H3,(H,30,34). The monoisotopic (exact) mass is 525 g/mol. The number of carbonyl (C=O) groups excluding carboxylic acids is 3.